The van der Waals surface area contributed by atoms with Gasteiger partial charge in [0.25, 0.3) is 5.56 Å². The van der Waals surface area contributed by atoms with Gasteiger partial charge in [-0.2, -0.15) is 5.10 Å². The van der Waals surface area contributed by atoms with Gasteiger partial charge >= 0.3 is 0 Å². The Morgan fingerprint density at radius 3 is 2.29 bits per heavy atom. The molecule has 0 spiro atoms. The van der Waals surface area contributed by atoms with Crippen molar-refractivity contribution in [3.8, 4) is 22.9 Å². The van der Waals surface area contributed by atoms with E-state index in [1.165, 1.54) is 0 Å². The Morgan fingerprint density at radius 2 is 1.55 bits per heavy atom. The molecule has 0 radical (unpaired) electrons. The Morgan fingerprint density at radius 1 is 0.842 bits per heavy atom. The van der Waals surface area contributed by atoms with Crippen molar-refractivity contribution in [3.63, 3.8) is 0 Å². The maximum absolute atomic E-state index is 13.9. The van der Waals surface area contributed by atoms with E-state index in [2.05, 4.69) is 0 Å². The van der Waals surface area contributed by atoms with Crippen LogP contribution in [0.4, 0.5) is 5.82 Å². The fourth-order valence-electron chi connectivity index (χ4n) is 4.79. The Bertz CT molecular complexity index is 1840. The second kappa shape index (κ2) is 9.44. The second-order valence-electron chi connectivity index (χ2n) is 9.14. The van der Waals surface area contributed by atoms with Crippen molar-refractivity contribution in [2.24, 2.45) is 0 Å². The van der Waals surface area contributed by atoms with Crippen LogP contribution in [-0.4, -0.2) is 21.5 Å². The van der Waals surface area contributed by atoms with Crippen LogP contribution in [0.1, 0.15) is 11.1 Å². The first kappa shape index (κ1) is 23.4. The minimum absolute atomic E-state index is 0.181. The Labute approximate surface area is 219 Å². The van der Waals surface area contributed by atoms with Crippen LogP contribution in [0.3, 0.4) is 0 Å². The first-order valence-electron chi connectivity index (χ1n) is 12.3. The summed E-state index contributed by atoms with van der Waals surface area (Å²) in [4.78, 5) is 13.9. The minimum Gasteiger partial charge on any atom is -0.497 e. The van der Waals surface area contributed by atoms with E-state index in [0.717, 1.165) is 39.2 Å². The van der Waals surface area contributed by atoms with E-state index in [1.54, 1.807) is 16.4 Å². The van der Waals surface area contributed by atoms with E-state index in [-0.39, 0.29) is 5.56 Å². The van der Waals surface area contributed by atoms with Crippen molar-refractivity contribution in [1.82, 2.24) is 14.3 Å². The second-order valence-corrected chi connectivity index (χ2v) is 9.14. The lowest BCUT2D eigenvalue weighted by Gasteiger charge is -2.12. The molecule has 2 aromatic heterocycles. The Hall–Kier alpha value is -5.04. The van der Waals surface area contributed by atoms with Gasteiger partial charge in [0.2, 0.25) is 0 Å². The van der Waals surface area contributed by atoms with Gasteiger partial charge in [-0.25, -0.2) is 4.68 Å². The van der Waals surface area contributed by atoms with E-state index < -0.39 is 0 Å². The summed E-state index contributed by atoms with van der Waals surface area (Å²) < 4.78 is 14.7. The fraction of sp³-hybridized carbons (Fsp3) is 0.0968. The van der Waals surface area contributed by atoms with Gasteiger partial charge in [-0.1, -0.05) is 48.5 Å². The van der Waals surface area contributed by atoms with Crippen LogP contribution < -0.4 is 20.8 Å². The number of aromatic nitrogens is 3. The zero-order chi connectivity index (χ0) is 26.2. The number of nitrogen functional groups attached to an aromatic ring is 1. The van der Waals surface area contributed by atoms with Crippen LogP contribution in [0.25, 0.3) is 27.5 Å². The lowest BCUT2D eigenvalue weighted by Crippen LogP contribution is -2.22. The topological polar surface area (TPSA) is 84.3 Å². The fourth-order valence-corrected chi connectivity index (χ4v) is 4.79. The van der Waals surface area contributed by atoms with Crippen LogP contribution in [0.2, 0.25) is 0 Å². The highest BCUT2D eigenvalue weighted by Gasteiger charge is 2.20. The molecule has 0 aliphatic carbocycles. The number of fused-ring (bicyclic) bond motifs is 3. The minimum atomic E-state index is -0.181. The third-order valence-electron chi connectivity index (χ3n) is 6.71. The number of methoxy groups -OCH3 is 1. The van der Waals surface area contributed by atoms with Crippen molar-refractivity contribution in [2.45, 2.75) is 13.5 Å². The van der Waals surface area contributed by atoms with Gasteiger partial charge < -0.3 is 19.8 Å². The molecule has 7 heteroatoms. The molecule has 38 heavy (non-hydrogen) atoms. The van der Waals surface area contributed by atoms with Crippen molar-refractivity contribution >= 4 is 27.6 Å². The molecule has 188 valence electrons. The lowest BCUT2D eigenvalue weighted by molar-refractivity contribution is 0.414. The SMILES string of the molecule is COc1ccc(Cn2c(=O)c3c(N)n(-c4ccc(Oc5ccccc5)cc4C)nc3c3ccccc32)cc1. The van der Waals surface area contributed by atoms with Gasteiger partial charge in [0.1, 0.15) is 34.0 Å². The number of benzene rings is 4. The van der Waals surface area contributed by atoms with Crippen molar-refractivity contribution in [1.29, 1.82) is 0 Å². The first-order valence-corrected chi connectivity index (χ1v) is 12.3. The number of pyridine rings is 1. The molecular weight excluding hydrogens is 476 g/mol. The highest BCUT2D eigenvalue weighted by atomic mass is 16.5. The summed E-state index contributed by atoms with van der Waals surface area (Å²) in [5.41, 5.74) is 10.5. The standard InChI is InChI=1S/C31H26N4O3/c1-20-18-24(38-23-8-4-3-5-9-23)16-17-26(20)35-30(32)28-29(33-35)25-10-6-7-11-27(25)34(31(28)36)19-21-12-14-22(37-2)15-13-21/h3-18H,19,32H2,1-2H3. The van der Waals surface area contributed by atoms with Crippen molar-refractivity contribution < 1.29 is 9.47 Å². The molecule has 6 aromatic rings. The molecule has 2 N–H and O–H groups in total. The summed E-state index contributed by atoms with van der Waals surface area (Å²) in [5.74, 6) is 2.54. The predicted molar refractivity (Wildman–Crippen MR) is 151 cm³/mol. The number of ether oxygens (including phenoxy) is 2. The van der Waals surface area contributed by atoms with Crippen molar-refractivity contribution in [3.05, 3.63) is 119 Å². The van der Waals surface area contributed by atoms with E-state index >= 15 is 0 Å². The molecular formula is C31H26N4O3. The number of anilines is 1. The van der Waals surface area contributed by atoms with E-state index in [0.29, 0.717) is 29.0 Å². The van der Waals surface area contributed by atoms with E-state index in [1.807, 2.05) is 104 Å². The van der Waals surface area contributed by atoms with Gasteiger partial charge in [-0.15, -0.1) is 0 Å². The van der Waals surface area contributed by atoms with Gasteiger partial charge in [0, 0.05) is 5.39 Å². The monoisotopic (exact) mass is 502 g/mol. The largest absolute Gasteiger partial charge is 0.497 e. The Balaban J connectivity index is 1.47. The molecule has 2 heterocycles. The average Bonchev–Trinajstić information content (AvgIpc) is 3.29. The number of nitrogens with two attached hydrogens (primary N) is 1. The summed E-state index contributed by atoms with van der Waals surface area (Å²) in [6.45, 7) is 2.37. The maximum atomic E-state index is 13.9. The van der Waals surface area contributed by atoms with Gasteiger partial charge in [-0.05, 0) is 66.6 Å². The third kappa shape index (κ3) is 4.04. The quantitative estimate of drug-likeness (QED) is 0.298. The molecule has 0 amide bonds. The molecule has 4 aromatic carbocycles. The number of rotatable bonds is 6. The van der Waals surface area contributed by atoms with Crippen LogP contribution >= 0.6 is 0 Å². The van der Waals surface area contributed by atoms with Gasteiger partial charge in [0.05, 0.1) is 24.9 Å². The molecule has 7 nitrogen and oxygen atoms in total. The highest BCUT2D eigenvalue weighted by molar-refractivity contribution is 6.07. The highest BCUT2D eigenvalue weighted by Crippen LogP contribution is 2.31. The van der Waals surface area contributed by atoms with Crippen LogP contribution in [0, 0.1) is 6.92 Å². The maximum Gasteiger partial charge on any atom is 0.264 e. The van der Waals surface area contributed by atoms with E-state index in [9.17, 15) is 4.79 Å². The van der Waals surface area contributed by atoms with Crippen LogP contribution in [0.5, 0.6) is 17.2 Å². The summed E-state index contributed by atoms with van der Waals surface area (Å²) in [7, 11) is 1.63. The number of aryl methyl sites for hydroxylation is 1. The van der Waals surface area contributed by atoms with Crippen LogP contribution in [0.15, 0.2) is 102 Å². The zero-order valence-electron chi connectivity index (χ0n) is 21.1. The summed E-state index contributed by atoms with van der Waals surface area (Å²) in [6, 6.07) is 30.8. The number of para-hydroxylation sites is 2. The summed E-state index contributed by atoms with van der Waals surface area (Å²) in [5, 5.41) is 6.11. The molecule has 0 saturated carbocycles. The Kier molecular flexibility index (Phi) is 5.81. The summed E-state index contributed by atoms with van der Waals surface area (Å²) in [6.07, 6.45) is 0. The van der Waals surface area contributed by atoms with Gasteiger partial charge in [0.15, 0.2) is 0 Å². The molecule has 0 aliphatic heterocycles. The van der Waals surface area contributed by atoms with Gasteiger partial charge in [-0.3, -0.25) is 4.79 Å². The summed E-state index contributed by atoms with van der Waals surface area (Å²) >= 11 is 0. The number of hydrogen-bond acceptors (Lipinski definition) is 5. The molecule has 0 bridgehead atoms. The molecule has 0 saturated heterocycles. The van der Waals surface area contributed by atoms with Crippen LogP contribution in [-0.2, 0) is 6.54 Å². The molecule has 0 fully saturated rings. The zero-order valence-corrected chi connectivity index (χ0v) is 21.1. The molecule has 0 aliphatic rings. The molecule has 6 rings (SSSR count). The first-order chi connectivity index (χ1) is 18.5. The lowest BCUT2D eigenvalue weighted by atomic mass is 10.1. The number of nitrogens with zero attached hydrogens (tertiary/aromatic N) is 3. The molecule has 0 unspecified atom stereocenters. The smallest absolute Gasteiger partial charge is 0.264 e. The van der Waals surface area contributed by atoms with E-state index in [4.69, 9.17) is 20.3 Å². The average molecular weight is 503 g/mol. The van der Waals surface area contributed by atoms with Crippen molar-refractivity contribution in [2.75, 3.05) is 12.8 Å². The normalized spacial score (nSPS) is 11.2. The molecule has 0 atom stereocenters. The predicted octanol–water partition coefficient (Wildman–Crippen LogP) is 6.08. The number of hydrogen-bond donors (Lipinski definition) is 1. The third-order valence-corrected chi connectivity index (χ3v) is 6.71.